The maximum atomic E-state index is 12.2. The molecule has 0 saturated heterocycles. The fourth-order valence-corrected chi connectivity index (χ4v) is 1.52. The first kappa shape index (κ1) is 13.6. The monoisotopic (exact) mass is 269 g/mol. The Hall–Kier alpha value is -1.50. The molecule has 0 aliphatic rings. The average molecular weight is 270 g/mol. The highest BCUT2D eigenvalue weighted by atomic mass is 35.5. The first-order chi connectivity index (χ1) is 7.76. The van der Waals surface area contributed by atoms with Crippen LogP contribution in [0, 0.1) is 0 Å². The lowest BCUT2D eigenvalue weighted by Gasteiger charge is -2.11. The summed E-state index contributed by atoms with van der Waals surface area (Å²) in [4.78, 5) is 24.3. The van der Waals surface area contributed by atoms with E-state index in [1.807, 2.05) is 4.98 Å². The van der Waals surface area contributed by atoms with Crippen LogP contribution in [0.2, 0.25) is 0 Å². The minimum absolute atomic E-state index is 0.436. The molecule has 0 unspecified atom stereocenters. The Bertz CT molecular complexity index is 495. The van der Waals surface area contributed by atoms with E-state index in [-0.39, 0.29) is 0 Å². The zero-order chi connectivity index (χ0) is 13.2. The summed E-state index contributed by atoms with van der Waals surface area (Å²) in [7, 11) is 1.06. The van der Waals surface area contributed by atoms with E-state index in [1.165, 1.54) is 0 Å². The van der Waals surface area contributed by atoms with Crippen molar-refractivity contribution in [3.05, 3.63) is 27.7 Å². The number of hydrogen-bond acceptors (Lipinski definition) is 3. The fourth-order valence-electron chi connectivity index (χ4n) is 1.32. The number of halogens is 4. The van der Waals surface area contributed by atoms with Crippen molar-refractivity contribution >= 4 is 16.8 Å². The zero-order valence-electron chi connectivity index (χ0n) is 8.52. The van der Waals surface area contributed by atoms with Gasteiger partial charge >= 0.3 is 6.18 Å². The predicted octanol–water partition coefficient (Wildman–Crippen LogP) is 1.87. The molecule has 0 aliphatic carbocycles. The highest BCUT2D eigenvalue weighted by Gasteiger charge is 2.31. The Balaban J connectivity index is 3.41. The summed E-state index contributed by atoms with van der Waals surface area (Å²) < 4.78 is 41.3. The first-order valence-electron chi connectivity index (χ1n) is 4.31. The van der Waals surface area contributed by atoms with Gasteiger partial charge < -0.3 is 9.72 Å². The number of rotatable bonds is 3. The molecule has 0 aromatic carbocycles. The van der Waals surface area contributed by atoms with Gasteiger partial charge in [0.2, 0.25) is 0 Å². The van der Waals surface area contributed by atoms with Crippen molar-refractivity contribution in [1.29, 1.82) is 0 Å². The number of nitrogens with one attached hydrogen (secondary N) is 1. The van der Waals surface area contributed by atoms with Gasteiger partial charge in [0.1, 0.15) is 0 Å². The number of methoxy groups -OCH3 is 1. The van der Waals surface area contributed by atoms with Crippen LogP contribution in [0.15, 0.2) is 11.0 Å². The molecule has 1 aromatic heterocycles. The van der Waals surface area contributed by atoms with Crippen LogP contribution in [0.3, 0.4) is 0 Å². The van der Waals surface area contributed by atoms with Crippen LogP contribution in [0.4, 0.5) is 13.2 Å². The minimum Gasteiger partial charge on any atom is -0.491 e. The van der Waals surface area contributed by atoms with E-state index in [0.29, 0.717) is 0 Å². The lowest BCUT2D eigenvalue weighted by Crippen LogP contribution is -2.20. The van der Waals surface area contributed by atoms with Crippen molar-refractivity contribution in [2.24, 2.45) is 0 Å². The van der Waals surface area contributed by atoms with Crippen molar-refractivity contribution in [3.63, 3.8) is 0 Å². The Morgan fingerprint density at radius 3 is 2.53 bits per heavy atom. The average Bonchev–Trinajstić information content (AvgIpc) is 2.17. The molecule has 1 aromatic rings. The summed E-state index contributed by atoms with van der Waals surface area (Å²) in [5.74, 6) is -0.522. The number of carbonyl (C=O) groups is 1. The van der Waals surface area contributed by atoms with Gasteiger partial charge in [0.15, 0.2) is 5.75 Å². The summed E-state index contributed by atoms with van der Waals surface area (Å²) in [6.07, 6.45) is -5.10. The summed E-state index contributed by atoms with van der Waals surface area (Å²) in [5.41, 5.74) is -1.81. The molecule has 1 rings (SSSR count). The third kappa shape index (κ3) is 3.23. The SMILES string of the molecule is COc1c(C(=O)Cl)c(CC(F)(F)F)c[nH]c1=O. The summed E-state index contributed by atoms with van der Waals surface area (Å²) in [6, 6.07) is 0. The number of aromatic nitrogens is 1. The molecule has 1 heterocycles. The van der Waals surface area contributed by atoms with Crippen molar-refractivity contribution in [3.8, 4) is 5.75 Å². The molecule has 0 radical (unpaired) electrons. The van der Waals surface area contributed by atoms with Gasteiger partial charge in [-0.2, -0.15) is 13.2 Å². The third-order valence-corrected chi connectivity index (χ3v) is 2.11. The second kappa shape index (κ2) is 4.79. The largest absolute Gasteiger partial charge is 0.491 e. The molecule has 4 nitrogen and oxygen atoms in total. The molecule has 0 amide bonds. The Morgan fingerprint density at radius 1 is 1.53 bits per heavy atom. The van der Waals surface area contributed by atoms with E-state index >= 15 is 0 Å². The predicted molar refractivity (Wildman–Crippen MR) is 53.6 cm³/mol. The maximum absolute atomic E-state index is 12.2. The smallest absolute Gasteiger partial charge is 0.393 e. The third-order valence-electron chi connectivity index (χ3n) is 1.92. The molecule has 0 bridgehead atoms. The normalized spacial score (nSPS) is 11.4. The molecule has 17 heavy (non-hydrogen) atoms. The van der Waals surface area contributed by atoms with Gasteiger partial charge in [-0.15, -0.1) is 0 Å². The molecule has 0 atom stereocenters. The number of pyridine rings is 1. The van der Waals surface area contributed by atoms with E-state index in [9.17, 15) is 22.8 Å². The lowest BCUT2D eigenvalue weighted by atomic mass is 10.1. The van der Waals surface area contributed by atoms with Gasteiger partial charge in [0.05, 0.1) is 19.1 Å². The van der Waals surface area contributed by atoms with Crippen LogP contribution >= 0.6 is 11.6 Å². The number of ether oxygens (including phenoxy) is 1. The Kier molecular flexibility index (Phi) is 3.82. The zero-order valence-corrected chi connectivity index (χ0v) is 9.28. The van der Waals surface area contributed by atoms with E-state index in [2.05, 4.69) is 4.74 Å². The van der Waals surface area contributed by atoms with Crippen LogP contribution in [0.1, 0.15) is 15.9 Å². The molecule has 1 N–H and O–H groups in total. The number of H-pyrrole nitrogens is 1. The van der Waals surface area contributed by atoms with Gasteiger partial charge in [-0.3, -0.25) is 9.59 Å². The highest BCUT2D eigenvalue weighted by Crippen LogP contribution is 2.26. The molecule has 0 aliphatic heterocycles. The van der Waals surface area contributed by atoms with Crippen LogP contribution in [0.5, 0.6) is 5.75 Å². The van der Waals surface area contributed by atoms with E-state index < -0.39 is 40.3 Å². The number of alkyl halides is 3. The second-order valence-corrected chi connectivity index (χ2v) is 3.46. The second-order valence-electron chi connectivity index (χ2n) is 3.12. The number of hydrogen-bond donors (Lipinski definition) is 1. The van der Waals surface area contributed by atoms with Gasteiger partial charge in [-0.05, 0) is 17.2 Å². The molecule has 8 heteroatoms. The quantitative estimate of drug-likeness (QED) is 0.852. The van der Waals surface area contributed by atoms with Gasteiger partial charge in [0.25, 0.3) is 10.8 Å². The van der Waals surface area contributed by atoms with E-state index in [4.69, 9.17) is 11.6 Å². The highest BCUT2D eigenvalue weighted by molar-refractivity contribution is 6.68. The van der Waals surface area contributed by atoms with Crippen molar-refractivity contribution in [2.45, 2.75) is 12.6 Å². The van der Waals surface area contributed by atoms with Crippen LogP contribution in [-0.4, -0.2) is 23.5 Å². The molecule has 0 spiro atoms. The number of carbonyl (C=O) groups excluding carboxylic acids is 1. The molecule has 94 valence electrons. The van der Waals surface area contributed by atoms with Crippen molar-refractivity contribution < 1.29 is 22.7 Å². The minimum atomic E-state index is -4.52. The fraction of sp³-hybridized carbons (Fsp3) is 0.333. The Morgan fingerprint density at radius 2 is 2.12 bits per heavy atom. The number of aromatic amines is 1. The summed E-state index contributed by atoms with van der Waals surface area (Å²) >= 11 is 5.15. The van der Waals surface area contributed by atoms with E-state index in [0.717, 1.165) is 13.3 Å². The summed E-state index contributed by atoms with van der Waals surface area (Å²) in [5, 5.41) is -1.17. The first-order valence-corrected chi connectivity index (χ1v) is 4.69. The molecular formula is C9H7ClF3NO3. The molecule has 0 fully saturated rings. The van der Waals surface area contributed by atoms with Crippen LogP contribution < -0.4 is 10.3 Å². The van der Waals surface area contributed by atoms with Crippen LogP contribution in [-0.2, 0) is 6.42 Å². The maximum Gasteiger partial charge on any atom is 0.393 e. The van der Waals surface area contributed by atoms with Crippen molar-refractivity contribution in [2.75, 3.05) is 7.11 Å². The lowest BCUT2D eigenvalue weighted by molar-refractivity contribution is -0.127. The van der Waals surface area contributed by atoms with Gasteiger partial charge in [-0.25, -0.2) is 0 Å². The van der Waals surface area contributed by atoms with Gasteiger partial charge in [0, 0.05) is 6.20 Å². The molecular weight excluding hydrogens is 263 g/mol. The topological polar surface area (TPSA) is 59.2 Å². The van der Waals surface area contributed by atoms with Crippen LogP contribution in [0.25, 0.3) is 0 Å². The van der Waals surface area contributed by atoms with Crippen molar-refractivity contribution in [1.82, 2.24) is 4.98 Å². The summed E-state index contributed by atoms with van der Waals surface area (Å²) in [6.45, 7) is 0. The standard InChI is InChI=1S/C9H7ClF3NO3/c1-17-6-5(7(10)15)4(2-9(11,12)13)3-14-8(6)16/h3H,2H2,1H3,(H,14,16). The Labute approximate surface area is 98.3 Å². The van der Waals surface area contributed by atoms with Gasteiger partial charge in [-0.1, -0.05) is 0 Å². The van der Waals surface area contributed by atoms with E-state index in [1.54, 1.807) is 0 Å². The molecule has 0 saturated carbocycles.